The van der Waals surface area contributed by atoms with Gasteiger partial charge in [0.15, 0.2) is 22.6 Å². The quantitative estimate of drug-likeness (QED) is 0.0316. The van der Waals surface area contributed by atoms with Gasteiger partial charge in [0.1, 0.15) is 178 Å². The molecule has 0 amide bonds. The number of nitrogens with two attached hydrogens (primary N) is 4. The Morgan fingerprint density at radius 1 is 0.347 bits per heavy atom. The molecule has 3 aliphatic rings. The normalized spacial score (nSPS) is 13.4. The Labute approximate surface area is 865 Å². The monoisotopic (exact) mass is 2040 g/mol. The van der Waals surface area contributed by atoms with Crippen molar-refractivity contribution in [3.63, 3.8) is 0 Å². The Morgan fingerprint density at radius 2 is 0.707 bits per heavy atom. The molecule has 0 bridgehead atoms. The third-order valence-electron chi connectivity index (χ3n) is 26.2. The highest BCUT2D eigenvalue weighted by Crippen LogP contribution is 2.43. The van der Waals surface area contributed by atoms with Crippen LogP contribution in [0.15, 0.2) is 274 Å². The van der Waals surface area contributed by atoms with Crippen molar-refractivity contribution in [2.45, 2.75) is 149 Å². The van der Waals surface area contributed by atoms with E-state index < -0.39 is 17.5 Å². The molecule has 3 fully saturated rings. The topological polar surface area (TPSA) is 371 Å². The smallest absolute Gasteiger partial charge is 0.164 e. The van der Waals surface area contributed by atoms with Crippen LogP contribution in [0, 0.1) is 30.2 Å². The fourth-order valence-corrected chi connectivity index (χ4v) is 19.5. The number of nitrogens with zero attached hydrogens (tertiary/aromatic N) is 18. The summed E-state index contributed by atoms with van der Waals surface area (Å²) in [5.74, 6) is 4.90. The fourth-order valence-electron chi connectivity index (χ4n) is 18.7. The zero-order chi connectivity index (χ0) is 103. The minimum atomic E-state index is -0.442. The van der Waals surface area contributed by atoms with Crippen LogP contribution in [0.25, 0.3) is 89.2 Å². The Bertz CT molecular complexity index is 8100. The van der Waals surface area contributed by atoms with Crippen molar-refractivity contribution in [3.05, 3.63) is 330 Å². The zero-order valence-corrected chi connectivity index (χ0v) is 84.2. The first-order chi connectivity index (χ1) is 73.0. The summed E-state index contributed by atoms with van der Waals surface area (Å²) < 4.78 is 122. The second-order valence-corrected chi connectivity index (χ2v) is 38.7. The van der Waals surface area contributed by atoms with Crippen LogP contribution in [0.2, 0.25) is 0 Å². The first-order valence-electron chi connectivity index (χ1n) is 49.7. The molecule has 764 valence electrons. The summed E-state index contributed by atoms with van der Waals surface area (Å²) in [6.45, 7) is 14.0. The van der Waals surface area contributed by atoms with Gasteiger partial charge in [0.25, 0.3) is 0 Å². The van der Waals surface area contributed by atoms with E-state index in [0.717, 1.165) is 105 Å². The molecule has 36 heteroatoms. The molecule has 20 aromatic rings. The molecule has 2 saturated heterocycles. The van der Waals surface area contributed by atoms with Gasteiger partial charge in [-0.1, -0.05) is 43.2 Å². The molecule has 11 aromatic heterocycles. The van der Waals surface area contributed by atoms with Crippen LogP contribution in [0.3, 0.4) is 0 Å². The highest BCUT2D eigenvalue weighted by Gasteiger charge is 2.30. The molecule has 150 heavy (non-hydrogen) atoms. The number of halogens is 4. The molecule has 0 unspecified atom stereocenters. The number of hydrogen-bond acceptors (Lipinski definition) is 26. The summed E-state index contributed by atoms with van der Waals surface area (Å²) in [5.41, 5.74) is 38.1. The number of benzene rings is 9. The summed E-state index contributed by atoms with van der Waals surface area (Å²) >= 11 is 1.65. The van der Waals surface area contributed by atoms with Crippen LogP contribution >= 0.6 is 11.3 Å². The van der Waals surface area contributed by atoms with Gasteiger partial charge in [0.2, 0.25) is 0 Å². The minimum Gasteiger partial charge on any atom is -0.488 e. The van der Waals surface area contributed by atoms with Gasteiger partial charge in [-0.15, -0.1) is 11.3 Å². The number of aryl methyl sites for hydroxylation is 4. The lowest BCUT2D eigenvalue weighted by molar-refractivity contribution is 0.0673. The number of ether oxygens (including phenoxy) is 9. The van der Waals surface area contributed by atoms with Crippen LogP contribution in [-0.2, 0) is 49.2 Å². The number of nitrogen functional groups attached to an aromatic ring is 4. The van der Waals surface area contributed by atoms with Crippen molar-refractivity contribution in [1.82, 2.24) is 88.1 Å². The lowest BCUT2D eigenvalue weighted by atomic mass is 10.0. The predicted octanol–water partition coefficient (Wildman–Crippen LogP) is 25.0. The van der Waals surface area contributed by atoms with E-state index in [1.807, 2.05) is 199 Å². The number of hydrogen-bond donors (Lipinski definition) is 4. The number of aromatic nitrogens is 18. The summed E-state index contributed by atoms with van der Waals surface area (Å²) in [4.78, 5) is 36.7. The van der Waals surface area contributed by atoms with E-state index in [4.69, 9.17) is 86.0 Å². The first kappa shape index (κ1) is 100. The average molecular weight is 2040 g/mol. The van der Waals surface area contributed by atoms with Crippen molar-refractivity contribution in [2.24, 2.45) is 7.05 Å². The van der Waals surface area contributed by atoms with Gasteiger partial charge in [0, 0.05) is 157 Å². The molecule has 9 aromatic carbocycles. The van der Waals surface area contributed by atoms with Crippen LogP contribution in [-0.4, -0.2) is 115 Å². The highest BCUT2D eigenvalue weighted by atomic mass is 32.1. The van der Waals surface area contributed by atoms with Crippen molar-refractivity contribution in [1.29, 1.82) is 0 Å². The molecule has 23 rings (SSSR count). The first-order valence-corrected chi connectivity index (χ1v) is 50.5. The standard InChI is InChI=1S/C32H33FN6O3.C30H28FN5O2.C26H25FN6O2.C26H24FN5O2S/c33-22-16-27(41-19-25-6-3-13-38(25)23-4-1-2-5-23)18-28(17-22)42-26-9-7-21(8-10-26)30-29-31(34)35-20-36-32(29)39(37-30)24-11-14-40-15-12-24;31-23-16-21(7-6-20-4-2-1-3-5-20)17-26(18-23)38-25-10-8-22(9-11-25)28-27-29(32)33-19-34-30(27)36(35-28)24-12-14-37-15-13-24;1-16(2)33-26-23(25(28)29-15-30-26)24(31-33)17-6-8-20(9-7-17)35-22-12-18(27)11-21(13-22)34-14-19-5-4-10-32(19)3;1-15(2)32-26-23(25(28)29-14-30-26)24(31-32)17-5-7-19(8-6-17)34-21-11-18(27)10-20(12-21)33-13-22-9-4-16(3)35-22/h3,6-10,13,16-18,20,23-24H,1-2,4-5,11-12,14-15,19H2,(H2,34,35,36);1-5,8-11,16-19,24H,6-7,12-15H2,(H2,32,33,34);4-13,15-16H,14H2,1-3H3,(H2,28,29,30);4-12,14-15H,13H2,1-3H3,(H2,28,29,30). The summed E-state index contributed by atoms with van der Waals surface area (Å²) in [6, 6.07) is 71.0. The van der Waals surface area contributed by atoms with Gasteiger partial charge in [-0.3, -0.25) is 0 Å². The van der Waals surface area contributed by atoms with Gasteiger partial charge in [-0.05, 0) is 243 Å². The molecule has 31 nitrogen and oxygen atoms in total. The molecule has 2 aliphatic heterocycles. The van der Waals surface area contributed by atoms with Gasteiger partial charge < -0.3 is 74.7 Å². The maximum absolute atomic E-state index is 14.5. The van der Waals surface area contributed by atoms with E-state index in [1.54, 1.807) is 59.9 Å². The van der Waals surface area contributed by atoms with Crippen molar-refractivity contribution in [2.75, 3.05) is 49.4 Å². The molecule has 1 saturated carbocycles. The van der Waals surface area contributed by atoms with E-state index in [0.29, 0.717) is 184 Å². The molecule has 1 aliphatic carbocycles. The lowest BCUT2D eigenvalue weighted by Gasteiger charge is -2.22. The molecule has 13 heterocycles. The van der Waals surface area contributed by atoms with Gasteiger partial charge in [-0.2, -0.15) is 20.4 Å². The number of fused-ring (bicyclic) bond motifs is 4. The van der Waals surface area contributed by atoms with E-state index in [1.165, 1.54) is 104 Å². The van der Waals surface area contributed by atoms with Gasteiger partial charge in [-0.25, -0.2) is 76.2 Å². The fraction of sp³-hybridized carbons (Fsp3) is 0.246. The zero-order valence-electron chi connectivity index (χ0n) is 83.3. The highest BCUT2D eigenvalue weighted by molar-refractivity contribution is 7.11. The second-order valence-electron chi connectivity index (χ2n) is 37.4. The van der Waals surface area contributed by atoms with Crippen LogP contribution in [0.4, 0.5) is 40.8 Å². The minimum absolute atomic E-state index is 0.106. The molecule has 0 spiro atoms. The van der Waals surface area contributed by atoms with E-state index in [9.17, 15) is 17.6 Å². The van der Waals surface area contributed by atoms with E-state index in [2.05, 4.69) is 68.8 Å². The summed E-state index contributed by atoms with van der Waals surface area (Å²) in [5, 5.41) is 22.2. The third kappa shape index (κ3) is 23.4. The average Bonchev–Trinajstić information content (AvgIpc) is 1.63. The summed E-state index contributed by atoms with van der Waals surface area (Å²) in [7, 11) is 1.93. The predicted molar refractivity (Wildman–Crippen MR) is 569 cm³/mol. The molecule has 0 atom stereocenters. The Kier molecular flexibility index (Phi) is 30.4. The van der Waals surface area contributed by atoms with Crippen molar-refractivity contribution >= 4 is 78.7 Å². The van der Waals surface area contributed by atoms with Crippen LogP contribution in [0.1, 0.15) is 142 Å². The van der Waals surface area contributed by atoms with Crippen molar-refractivity contribution in [3.8, 4) is 108 Å². The maximum atomic E-state index is 14.5. The lowest BCUT2D eigenvalue weighted by Crippen LogP contribution is -2.20. The summed E-state index contributed by atoms with van der Waals surface area (Å²) in [6.07, 6.45) is 19.8. The number of thiophene rings is 1. The van der Waals surface area contributed by atoms with E-state index in [-0.39, 0.29) is 30.0 Å². The van der Waals surface area contributed by atoms with Crippen LogP contribution < -0.4 is 56.1 Å². The van der Waals surface area contributed by atoms with Gasteiger partial charge in [0.05, 0.1) is 45.0 Å². The SMILES string of the molecule is CC(C)n1nc(-c2ccc(Oc3cc(F)cc(OCc4cccn4C)c3)cc2)c2c(N)ncnc21.Cc1ccc(COc2cc(F)cc(Oc3ccc(-c4nn(C(C)C)c5ncnc(N)c45)cc3)c2)s1.Nc1ncnc2c1c(-c1ccc(Oc3cc(F)cc(CCc4ccccc4)c3)cc1)nn2C1CCOCC1.Nc1ncnc2c1c(-c1ccc(Oc3cc(F)cc(OCc4cccn4C4CCCC4)c3)cc1)nn2C1CCOCC1. The molecular weight excluding hydrogens is 1930 g/mol. The van der Waals surface area contributed by atoms with Crippen molar-refractivity contribution < 1.29 is 60.2 Å². The number of anilines is 4. The second kappa shape index (κ2) is 45.5. The molecule has 8 N–H and O–H groups in total. The maximum Gasteiger partial charge on any atom is 0.164 e. The Hall–Kier alpha value is -17.1. The molecular formula is C114H110F4N22O9S. The largest absolute Gasteiger partial charge is 0.488 e. The Morgan fingerprint density at radius 3 is 1.11 bits per heavy atom. The van der Waals surface area contributed by atoms with Crippen LogP contribution in [0.5, 0.6) is 63.2 Å². The molecule has 0 radical (unpaired) electrons. The third-order valence-corrected chi connectivity index (χ3v) is 27.1. The van der Waals surface area contributed by atoms with E-state index >= 15 is 0 Å². The van der Waals surface area contributed by atoms with Gasteiger partial charge >= 0.3 is 0 Å². The number of rotatable bonds is 29. The Balaban J connectivity index is 0.000000121.